The normalized spacial score (nSPS) is 18.0. The molecule has 0 spiro atoms. The molecular weight excluding hydrogens is 222 g/mol. The van der Waals surface area contributed by atoms with Gasteiger partial charge in [0.25, 0.3) is 0 Å². The third-order valence-corrected chi connectivity index (χ3v) is 3.21. The molecule has 1 fully saturated rings. The largest absolute Gasteiger partial charge is 0.481 e. The molecule has 2 heterocycles. The fraction of sp³-hybridized carbons (Fsp3) is 0.273. The van der Waals surface area contributed by atoms with Crippen LogP contribution in [0.25, 0.3) is 5.65 Å². The Labute approximate surface area is 95.9 Å². The molecule has 1 aliphatic rings. The van der Waals surface area contributed by atoms with Crippen molar-refractivity contribution in [2.45, 2.75) is 18.3 Å². The minimum atomic E-state index is -1.11. The third kappa shape index (κ3) is 1.20. The summed E-state index contributed by atoms with van der Waals surface area (Å²) in [5, 5.41) is 9.32. The van der Waals surface area contributed by atoms with Gasteiger partial charge in [-0.25, -0.2) is 4.98 Å². The number of hydrogen-bond donors (Lipinski definition) is 1. The topological polar surface area (TPSA) is 84.6 Å². The number of rotatable bonds is 2. The zero-order valence-corrected chi connectivity index (χ0v) is 8.83. The standard InChI is InChI=1S/C11H9N3O3/c15-7-3-11(4-7,10(16)17)8-5-13-9-6-12-1-2-14(8)9/h1-2,5-6H,3-4H2,(H,16,17). The predicted molar refractivity (Wildman–Crippen MR) is 56.5 cm³/mol. The van der Waals surface area contributed by atoms with Gasteiger partial charge in [0.2, 0.25) is 0 Å². The summed E-state index contributed by atoms with van der Waals surface area (Å²) in [7, 11) is 0. The van der Waals surface area contributed by atoms with Gasteiger partial charge in [-0.15, -0.1) is 0 Å². The fourth-order valence-electron chi connectivity index (χ4n) is 2.26. The smallest absolute Gasteiger partial charge is 0.316 e. The predicted octanol–water partition coefficient (Wildman–Crippen LogP) is 0.415. The van der Waals surface area contributed by atoms with Crippen LogP contribution in [0.2, 0.25) is 0 Å². The van der Waals surface area contributed by atoms with Gasteiger partial charge in [0.1, 0.15) is 11.2 Å². The molecule has 6 heteroatoms. The average molecular weight is 231 g/mol. The van der Waals surface area contributed by atoms with Gasteiger partial charge >= 0.3 is 5.97 Å². The maximum atomic E-state index is 11.4. The van der Waals surface area contributed by atoms with E-state index in [1.807, 2.05) is 0 Å². The van der Waals surface area contributed by atoms with Gasteiger partial charge in [0.15, 0.2) is 5.65 Å². The summed E-state index contributed by atoms with van der Waals surface area (Å²) in [6.07, 6.45) is 6.37. The van der Waals surface area contributed by atoms with E-state index in [4.69, 9.17) is 0 Å². The van der Waals surface area contributed by atoms with Crippen LogP contribution < -0.4 is 0 Å². The van der Waals surface area contributed by atoms with E-state index in [0.29, 0.717) is 11.3 Å². The van der Waals surface area contributed by atoms with E-state index < -0.39 is 11.4 Å². The molecule has 1 aliphatic carbocycles. The number of carboxylic acid groups (broad SMARTS) is 1. The molecule has 0 aromatic carbocycles. The summed E-state index contributed by atoms with van der Waals surface area (Å²) in [5.74, 6) is -1.01. The molecule has 86 valence electrons. The number of aromatic nitrogens is 3. The summed E-state index contributed by atoms with van der Waals surface area (Å²) < 4.78 is 1.67. The van der Waals surface area contributed by atoms with Crippen LogP contribution in [-0.4, -0.2) is 31.2 Å². The molecule has 0 aliphatic heterocycles. The van der Waals surface area contributed by atoms with Crippen molar-refractivity contribution >= 4 is 17.4 Å². The number of fused-ring (bicyclic) bond motifs is 1. The SMILES string of the molecule is O=C1CC(C(=O)O)(c2cnc3cnccn23)C1. The Balaban J connectivity index is 2.20. The van der Waals surface area contributed by atoms with Crippen molar-refractivity contribution in [2.75, 3.05) is 0 Å². The summed E-state index contributed by atoms with van der Waals surface area (Å²) in [4.78, 5) is 30.5. The first-order valence-corrected chi connectivity index (χ1v) is 5.16. The third-order valence-electron chi connectivity index (χ3n) is 3.21. The van der Waals surface area contributed by atoms with E-state index >= 15 is 0 Å². The van der Waals surface area contributed by atoms with Crippen molar-refractivity contribution in [3.63, 3.8) is 0 Å². The first-order chi connectivity index (χ1) is 8.13. The molecule has 0 atom stereocenters. The van der Waals surface area contributed by atoms with Crippen LogP contribution in [0.5, 0.6) is 0 Å². The maximum absolute atomic E-state index is 11.4. The second-order valence-corrected chi connectivity index (χ2v) is 4.23. The zero-order valence-electron chi connectivity index (χ0n) is 8.83. The highest BCUT2D eigenvalue weighted by Crippen LogP contribution is 2.41. The fourth-order valence-corrected chi connectivity index (χ4v) is 2.26. The number of ketones is 1. The first-order valence-electron chi connectivity index (χ1n) is 5.16. The Kier molecular flexibility index (Phi) is 1.83. The molecule has 6 nitrogen and oxygen atoms in total. The minimum absolute atomic E-state index is 0.0311. The van der Waals surface area contributed by atoms with Gasteiger partial charge in [-0.1, -0.05) is 0 Å². The van der Waals surface area contributed by atoms with Gasteiger partial charge in [0, 0.05) is 25.2 Å². The highest BCUT2D eigenvalue weighted by atomic mass is 16.4. The zero-order chi connectivity index (χ0) is 12.0. The molecule has 2 aromatic heterocycles. The molecule has 17 heavy (non-hydrogen) atoms. The Hall–Kier alpha value is -2.24. The molecule has 1 saturated carbocycles. The van der Waals surface area contributed by atoms with Crippen LogP contribution in [0.3, 0.4) is 0 Å². The number of carboxylic acids is 1. The Morgan fingerprint density at radius 1 is 1.41 bits per heavy atom. The summed E-state index contributed by atoms with van der Waals surface area (Å²) in [6.45, 7) is 0. The molecule has 0 bridgehead atoms. The number of aliphatic carboxylic acids is 1. The molecule has 1 N–H and O–H groups in total. The monoisotopic (exact) mass is 231 g/mol. The quantitative estimate of drug-likeness (QED) is 0.809. The van der Waals surface area contributed by atoms with Crippen LogP contribution in [0, 0.1) is 0 Å². The van der Waals surface area contributed by atoms with E-state index in [0.717, 1.165) is 0 Å². The average Bonchev–Trinajstić information content (AvgIpc) is 2.68. The lowest BCUT2D eigenvalue weighted by atomic mass is 9.66. The van der Waals surface area contributed by atoms with Crippen molar-refractivity contribution in [3.05, 3.63) is 30.5 Å². The molecule has 3 rings (SSSR count). The Morgan fingerprint density at radius 3 is 2.82 bits per heavy atom. The lowest BCUT2D eigenvalue weighted by Crippen LogP contribution is -2.49. The molecule has 0 unspecified atom stereocenters. The highest BCUT2D eigenvalue weighted by molar-refractivity contribution is 6.01. The number of hydrogen-bond acceptors (Lipinski definition) is 4. The van der Waals surface area contributed by atoms with Crippen molar-refractivity contribution in [1.29, 1.82) is 0 Å². The molecular formula is C11H9N3O3. The Morgan fingerprint density at radius 2 is 2.18 bits per heavy atom. The van der Waals surface area contributed by atoms with Crippen LogP contribution >= 0.6 is 0 Å². The van der Waals surface area contributed by atoms with Crippen molar-refractivity contribution in [1.82, 2.24) is 14.4 Å². The second kappa shape index (κ2) is 3.13. The van der Waals surface area contributed by atoms with Crippen molar-refractivity contribution < 1.29 is 14.7 Å². The molecule has 0 amide bonds. The molecule has 0 radical (unpaired) electrons. The van der Waals surface area contributed by atoms with Gasteiger partial charge in [-0.3, -0.25) is 14.6 Å². The molecule has 0 saturated heterocycles. The summed E-state index contributed by atoms with van der Waals surface area (Å²) >= 11 is 0. The summed E-state index contributed by atoms with van der Waals surface area (Å²) in [5.41, 5.74) is 0.0159. The van der Waals surface area contributed by atoms with Crippen LogP contribution in [0.1, 0.15) is 18.5 Å². The van der Waals surface area contributed by atoms with E-state index in [1.165, 1.54) is 6.20 Å². The van der Waals surface area contributed by atoms with Crippen LogP contribution in [0.15, 0.2) is 24.8 Å². The number of Topliss-reactive ketones (excluding diaryl/α,β-unsaturated/α-hetero) is 1. The van der Waals surface area contributed by atoms with E-state index in [1.54, 1.807) is 23.0 Å². The number of carbonyl (C=O) groups is 2. The van der Waals surface area contributed by atoms with Crippen LogP contribution in [0.4, 0.5) is 0 Å². The van der Waals surface area contributed by atoms with Gasteiger partial charge in [-0.05, 0) is 0 Å². The number of carbonyl (C=O) groups excluding carboxylic acids is 1. The summed E-state index contributed by atoms with van der Waals surface area (Å²) in [6, 6.07) is 0. The number of nitrogens with zero attached hydrogens (tertiary/aromatic N) is 3. The number of imidazole rings is 1. The van der Waals surface area contributed by atoms with E-state index in [9.17, 15) is 14.7 Å². The van der Waals surface area contributed by atoms with E-state index in [-0.39, 0.29) is 18.6 Å². The van der Waals surface area contributed by atoms with Gasteiger partial charge < -0.3 is 9.51 Å². The maximum Gasteiger partial charge on any atom is 0.316 e. The van der Waals surface area contributed by atoms with Crippen molar-refractivity contribution in [2.24, 2.45) is 0 Å². The lowest BCUT2D eigenvalue weighted by molar-refractivity contribution is -0.153. The van der Waals surface area contributed by atoms with Crippen molar-refractivity contribution in [3.8, 4) is 0 Å². The van der Waals surface area contributed by atoms with Crippen LogP contribution in [-0.2, 0) is 15.0 Å². The van der Waals surface area contributed by atoms with Gasteiger partial charge in [-0.2, -0.15) is 0 Å². The lowest BCUT2D eigenvalue weighted by Gasteiger charge is -2.35. The Bertz CT molecular complexity index is 624. The highest BCUT2D eigenvalue weighted by Gasteiger charge is 2.53. The minimum Gasteiger partial charge on any atom is -0.481 e. The second-order valence-electron chi connectivity index (χ2n) is 4.23. The molecule has 2 aromatic rings. The van der Waals surface area contributed by atoms with E-state index in [2.05, 4.69) is 9.97 Å². The van der Waals surface area contributed by atoms with Gasteiger partial charge in [0.05, 0.1) is 18.1 Å². The first kappa shape index (κ1) is 9.95.